The first kappa shape index (κ1) is 19.9. The van der Waals surface area contributed by atoms with Gasteiger partial charge in [0.1, 0.15) is 0 Å². The number of carbonyl (C=O) groups is 2. The largest absolute Gasteiger partial charge is 0.493 e. The van der Waals surface area contributed by atoms with Gasteiger partial charge in [-0.2, -0.15) is 0 Å². The SMILES string of the molecule is COc1ccc(C(=O)Nc2ccc(C(=O)NCc3cccnc3)cc2)cc1OC. The molecule has 0 radical (unpaired) electrons. The lowest BCUT2D eigenvalue weighted by molar-refractivity contribution is 0.0950. The van der Waals surface area contributed by atoms with Gasteiger partial charge in [0, 0.05) is 35.8 Å². The Bertz CT molecular complexity index is 989. The number of anilines is 1. The van der Waals surface area contributed by atoms with E-state index in [-0.39, 0.29) is 11.8 Å². The van der Waals surface area contributed by atoms with Gasteiger partial charge in [0.05, 0.1) is 14.2 Å². The Labute approximate surface area is 168 Å². The molecule has 1 aromatic heterocycles. The van der Waals surface area contributed by atoms with E-state index in [9.17, 15) is 9.59 Å². The molecule has 0 aliphatic heterocycles. The van der Waals surface area contributed by atoms with Crippen LogP contribution in [0.4, 0.5) is 5.69 Å². The van der Waals surface area contributed by atoms with Crippen LogP contribution in [0.2, 0.25) is 0 Å². The normalized spacial score (nSPS) is 10.1. The number of methoxy groups -OCH3 is 2. The Morgan fingerprint density at radius 1 is 0.897 bits per heavy atom. The molecule has 1 heterocycles. The number of nitrogens with zero attached hydrogens (tertiary/aromatic N) is 1. The molecule has 148 valence electrons. The van der Waals surface area contributed by atoms with E-state index in [2.05, 4.69) is 15.6 Å². The van der Waals surface area contributed by atoms with Crippen LogP contribution in [0.15, 0.2) is 67.0 Å². The number of ether oxygens (including phenoxy) is 2. The first-order valence-corrected chi connectivity index (χ1v) is 8.91. The summed E-state index contributed by atoms with van der Waals surface area (Å²) < 4.78 is 10.4. The fourth-order valence-corrected chi connectivity index (χ4v) is 2.67. The first-order valence-electron chi connectivity index (χ1n) is 8.91. The second-order valence-electron chi connectivity index (χ2n) is 6.15. The number of hydrogen-bond acceptors (Lipinski definition) is 5. The molecule has 0 atom stereocenters. The van der Waals surface area contributed by atoms with Gasteiger partial charge in [0.15, 0.2) is 11.5 Å². The van der Waals surface area contributed by atoms with E-state index in [0.29, 0.717) is 34.9 Å². The van der Waals surface area contributed by atoms with Crippen LogP contribution in [0.3, 0.4) is 0 Å². The molecule has 0 aliphatic carbocycles. The highest BCUT2D eigenvalue weighted by molar-refractivity contribution is 6.05. The second-order valence-corrected chi connectivity index (χ2v) is 6.15. The average Bonchev–Trinajstić information content (AvgIpc) is 2.78. The van der Waals surface area contributed by atoms with Gasteiger partial charge in [0.25, 0.3) is 11.8 Å². The van der Waals surface area contributed by atoms with Gasteiger partial charge in [-0.1, -0.05) is 6.07 Å². The van der Waals surface area contributed by atoms with Crippen molar-refractivity contribution in [1.29, 1.82) is 0 Å². The maximum absolute atomic E-state index is 12.5. The zero-order valence-electron chi connectivity index (χ0n) is 16.1. The van der Waals surface area contributed by atoms with Crippen molar-refractivity contribution in [3.05, 3.63) is 83.7 Å². The number of aromatic nitrogens is 1. The van der Waals surface area contributed by atoms with E-state index < -0.39 is 0 Å². The van der Waals surface area contributed by atoms with Gasteiger partial charge in [-0.3, -0.25) is 14.6 Å². The minimum Gasteiger partial charge on any atom is -0.493 e. The van der Waals surface area contributed by atoms with Crippen molar-refractivity contribution in [1.82, 2.24) is 10.3 Å². The van der Waals surface area contributed by atoms with Crippen molar-refractivity contribution < 1.29 is 19.1 Å². The quantitative estimate of drug-likeness (QED) is 0.645. The first-order chi connectivity index (χ1) is 14.1. The second kappa shape index (κ2) is 9.36. The number of carbonyl (C=O) groups excluding carboxylic acids is 2. The van der Waals surface area contributed by atoms with Crippen LogP contribution < -0.4 is 20.1 Å². The van der Waals surface area contributed by atoms with E-state index in [1.54, 1.807) is 54.9 Å². The Morgan fingerprint density at radius 3 is 2.28 bits per heavy atom. The van der Waals surface area contributed by atoms with Gasteiger partial charge < -0.3 is 20.1 Å². The predicted molar refractivity (Wildman–Crippen MR) is 109 cm³/mol. The third kappa shape index (κ3) is 5.10. The molecule has 7 heteroatoms. The molecule has 0 saturated carbocycles. The van der Waals surface area contributed by atoms with Crippen molar-refractivity contribution >= 4 is 17.5 Å². The molecule has 2 N–H and O–H groups in total. The number of amides is 2. The minimum absolute atomic E-state index is 0.202. The topological polar surface area (TPSA) is 89.5 Å². The predicted octanol–water partition coefficient (Wildman–Crippen LogP) is 3.28. The molecule has 2 aromatic carbocycles. The zero-order chi connectivity index (χ0) is 20.6. The third-order valence-electron chi connectivity index (χ3n) is 4.23. The van der Waals surface area contributed by atoms with E-state index in [4.69, 9.17) is 9.47 Å². The zero-order valence-corrected chi connectivity index (χ0v) is 16.1. The van der Waals surface area contributed by atoms with E-state index in [0.717, 1.165) is 5.56 Å². The van der Waals surface area contributed by atoms with Gasteiger partial charge >= 0.3 is 0 Å². The standard InChI is InChI=1S/C22H21N3O4/c1-28-19-10-7-17(12-20(19)29-2)22(27)25-18-8-5-16(6-9-18)21(26)24-14-15-4-3-11-23-13-15/h3-13H,14H2,1-2H3,(H,24,26)(H,25,27). The van der Waals surface area contributed by atoms with Crippen LogP contribution in [0.25, 0.3) is 0 Å². The molecule has 0 spiro atoms. The number of benzene rings is 2. The molecule has 2 amide bonds. The van der Waals surface area contributed by atoms with E-state index in [1.165, 1.54) is 14.2 Å². The van der Waals surface area contributed by atoms with Crippen LogP contribution in [0.5, 0.6) is 11.5 Å². The summed E-state index contributed by atoms with van der Waals surface area (Å²) in [6.45, 7) is 0.393. The van der Waals surface area contributed by atoms with Gasteiger partial charge in [0.2, 0.25) is 0 Å². The molecule has 29 heavy (non-hydrogen) atoms. The lowest BCUT2D eigenvalue weighted by atomic mass is 10.1. The maximum Gasteiger partial charge on any atom is 0.255 e. The Balaban J connectivity index is 1.61. The molecule has 0 aliphatic rings. The average molecular weight is 391 g/mol. The number of nitrogens with one attached hydrogen (secondary N) is 2. The summed E-state index contributed by atoms with van der Waals surface area (Å²) in [5.41, 5.74) is 2.42. The molecular formula is C22H21N3O4. The van der Waals surface area contributed by atoms with Crippen LogP contribution in [-0.2, 0) is 6.54 Å². The van der Waals surface area contributed by atoms with Crippen molar-refractivity contribution in [3.8, 4) is 11.5 Å². The highest BCUT2D eigenvalue weighted by Crippen LogP contribution is 2.27. The van der Waals surface area contributed by atoms with Crippen molar-refractivity contribution in [2.75, 3.05) is 19.5 Å². The summed E-state index contributed by atoms with van der Waals surface area (Å²) in [6.07, 6.45) is 3.38. The van der Waals surface area contributed by atoms with Gasteiger partial charge in [-0.05, 0) is 54.1 Å². The molecule has 0 fully saturated rings. The number of pyridine rings is 1. The lowest BCUT2D eigenvalue weighted by Crippen LogP contribution is -2.22. The molecule has 0 bridgehead atoms. The summed E-state index contributed by atoms with van der Waals surface area (Å²) in [5, 5.41) is 5.63. The summed E-state index contributed by atoms with van der Waals surface area (Å²) >= 11 is 0. The Hall–Kier alpha value is -3.87. The van der Waals surface area contributed by atoms with Gasteiger partial charge in [-0.25, -0.2) is 0 Å². The highest BCUT2D eigenvalue weighted by Gasteiger charge is 2.12. The minimum atomic E-state index is -0.292. The number of hydrogen-bond donors (Lipinski definition) is 2. The lowest BCUT2D eigenvalue weighted by Gasteiger charge is -2.10. The summed E-state index contributed by atoms with van der Waals surface area (Å²) in [4.78, 5) is 28.7. The Kier molecular flexibility index (Phi) is 6.42. The monoisotopic (exact) mass is 391 g/mol. The van der Waals surface area contributed by atoms with E-state index in [1.807, 2.05) is 12.1 Å². The molecular weight excluding hydrogens is 370 g/mol. The molecule has 7 nitrogen and oxygen atoms in total. The smallest absolute Gasteiger partial charge is 0.255 e. The van der Waals surface area contributed by atoms with Crippen molar-refractivity contribution in [3.63, 3.8) is 0 Å². The van der Waals surface area contributed by atoms with E-state index >= 15 is 0 Å². The van der Waals surface area contributed by atoms with Gasteiger partial charge in [-0.15, -0.1) is 0 Å². The Morgan fingerprint density at radius 2 is 1.62 bits per heavy atom. The summed E-state index contributed by atoms with van der Waals surface area (Å²) in [6, 6.07) is 15.3. The fourth-order valence-electron chi connectivity index (χ4n) is 2.67. The van der Waals surface area contributed by atoms with Crippen molar-refractivity contribution in [2.45, 2.75) is 6.54 Å². The maximum atomic E-state index is 12.5. The molecule has 3 aromatic rings. The number of rotatable bonds is 7. The molecule has 0 unspecified atom stereocenters. The highest BCUT2D eigenvalue weighted by atomic mass is 16.5. The molecule has 0 saturated heterocycles. The fraction of sp³-hybridized carbons (Fsp3) is 0.136. The van der Waals surface area contributed by atoms with Crippen LogP contribution in [0, 0.1) is 0 Å². The summed E-state index contributed by atoms with van der Waals surface area (Å²) in [7, 11) is 3.05. The van der Waals surface area contributed by atoms with Crippen molar-refractivity contribution in [2.24, 2.45) is 0 Å². The van der Waals surface area contributed by atoms with Crippen LogP contribution >= 0.6 is 0 Å². The van der Waals surface area contributed by atoms with Crippen LogP contribution in [-0.4, -0.2) is 31.0 Å². The third-order valence-corrected chi connectivity index (χ3v) is 4.23. The van der Waals surface area contributed by atoms with Crippen LogP contribution in [0.1, 0.15) is 26.3 Å². The summed E-state index contributed by atoms with van der Waals surface area (Å²) in [5.74, 6) is 0.526. The molecule has 3 rings (SSSR count).